The van der Waals surface area contributed by atoms with Crippen LogP contribution in [0, 0.1) is 30.3 Å². The monoisotopic (exact) mass is 534 g/mol. The molecule has 0 atom stereocenters. The standard InChI is InChI=1S/C24H18N6O9/c1-25-16-4-14(8-19(10-16)28(34)35)23(32)27(3)18-6-15(9-21(12-18)30(38)39)24(33)26(2)17-5-13(22(25)31)7-20(11-17)29(36)37/h4-12H,1-3H3. The zero-order valence-electron chi connectivity index (χ0n) is 20.6. The van der Waals surface area contributed by atoms with Crippen molar-refractivity contribution >= 4 is 51.8 Å². The van der Waals surface area contributed by atoms with E-state index < -0.39 is 49.6 Å². The van der Waals surface area contributed by atoms with Gasteiger partial charge in [-0.15, -0.1) is 0 Å². The molecule has 0 aromatic heterocycles. The van der Waals surface area contributed by atoms with Crippen molar-refractivity contribution in [1.82, 2.24) is 0 Å². The molecule has 4 rings (SSSR count). The maximum absolute atomic E-state index is 13.4. The number of carbonyl (C=O) groups is 3. The number of anilines is 3. The van der Waals surface area contributed by atoms with Crippen LogP contribution in [0.5, 0.6) is 0 Å². The summed E-state index contributed by atoms with van der Waals surface area (Å²) in [5.41, 5.74) is -2.48. The van der Waals surface area contributed by atoms with E-state index in [1.807, 2.05) is 0 Å². The fraction of sp³-hybridized carbons (Fsp3) is 0.125. The van der Waals surface area contributed by atoms with Gasteiger partial charge in [0.15, 0.2) is 0 Å². The third-order valence-electron chi connectivity index (χ3n) is 6.16. The van der Waals surface area contributed by atoms with Crippen LogP contribution in [0.4, 0.5) is 34.1 Å². The fourth-order valence-electron chi connectivity index (χ4n) is 3.99. The molecule has 3 amide bonds. The first-order valence-corrected chi connectivity index (χ1v) is 11.0. The molecule has 0 saturated heterocycles. The van der Waals surface area contributed by atoms with Gasteiger partial charge in [-0.05, 0) is 18.2 Å². The summed E-state index contributed by atoms with van der Waals surface area (Å²) in [6, 6.07) is 9.68. The highest BCUT2D eigenvalue weighted by Gasteiger charge is 2.28. The largest absolute Gasteiger partial charge is 0.311 e. The molecule has 15 nitrogen and oxygen atoms in total. The van der Waals surface area contributed by atoms with Crippen LogP contribution in [0.1, 0.15) is 31.1 Å². The average molecular weight is 534 g/mol. The van der Waals surface area contributed by atoms with Crippen molar-refractivity contribution in [3.63, 3.8) is 0 Å². The molecule has 0 fully saturated rings. The number of rotatable bonds is 3. The molecule has 0 N–H and O–H groups in total. The van der Waals surface area contributed by atoms with E-state index in [2.05, 4.69) is 0 Å². The lowest BCUT2D eigenvalue weighted by Gasteiger charge is -2.20. The Morgan fingerprint density at radius 3 is 0.897 bits per heavy atom. The minimum Gasteiger partial charge on any atom is -0.311 e. The molecule has 0 spiro atoms. The van der Waals surface area contributed by atoms with E-state index in [9.17, 15) is 44.7 Å². The highest BCUT2D eigenvalue weighted by molar-refractivity contribution is 6.12. The lowest BCUT2D eigenvalue weighted by Crippen LogP contribution is -2.29. The molecule has 1 aliphatic heterocycles. The minimum absolute atomic E-state index is 0.0713. The number of carbonyl (C=O) groups excluding carboxylic acids is 3. The van der Waals surface area contributed by atoms with Gasteiger partial charge in [-0.3, -0.25) is 44.7 Å². The lowest BCUT2D eigenvalue weighted by atomic mass is 10.1. The summed E-state index contributed by atoms with van der Waals surface area (Å²) in [6.45, 7) is 0. The molecular weight excluding hydrogens is 516 g/mol. The third-order valence-corrected chi connectivity index (χ3v) is 6.16. The quantitative estimate of drug-likeness (QED) is 0.357. The van der Waals surface area contributed by atoms with Crippen LogP contribution in [0.2, 0.25) is 0 Å². The number of nitrogens with zero attached hydrogens (tertiary/aromatic N) is 6. The van der Waals surface area contributed by atoms with Crippen molar-refractivity contribution in [2.45, 2.75) is 0 Å². The Balaban J connectivity index is 2.06. The molecule has 39 heavy (non-hydrogen) atoms. The van der Waals surface area contributed by atoms with Gasteiger partial charge in [-0.25, -0.2) is 0 Å². The number of amides is 3. The molecular formula is C24H18N6O9. The van der Waals surface area contributed by atoms with E-state index in [1.54, 1.807) is 0 Å². The highest BCUT2D eigenvalue weighted by Crippen LogP contribution is 2.32. The van der Waals surface area contributed by atoms with Gasteiger partial charge in [0.2, 0.25) is 0 Å². The lowest BCUT2D eigenvalue weighted by molar-refractivity contribution is -0.385. The third kappa shape index (κ3) is 4.83. The Bertz CT molecular complexity index is 1430. The molecule has 0 radical (unpaired) electrons. The van der Waals surface area contributed by atoms with Crippen molar-refractivity contribution in [3.8, 4) is 0 Å². The number of benzene rings is 3. The van der Waals surface area contributed by atoms with E-state index in [4.69, 9.17) is 0 Å². The maximum Gasteiger partial charge on any atom is 0.272 e. The number of non-ortho nitro benzene ring substituents is 3. The molecule has 6 bridgehead atoms. The molecule has 198 valence electrons. The number of hydrogen-bond acceptors (Lipinski definition) is 9. The average Bonchev–Trinajstić information content (AvgIpc) is 2.93. The first kappa shape index (κ1) is 26.3. The van der Waals surface area contributed by atoms with E-state index in [0.717, 1.165) is 51.1 Å². The summed E-state index contributed by atoms with van der Waals surface area (Å²) >= 11 is 0. The van der Waals surface area contributed by atoms with Crippen LogP contribution in [0.3, 0.4) is 0 Å². The summed E-state index contributed by atoms with van der Waals surface area (Å²) in [6.07, 6.45) is 0. The Kier molecular flexibility index (Phi) is 6.50. The van der Waals surface area contributed by atoms with Crippen LogP contribution in [0.15, 0.2) is 54.6 Å². The van der Waals surface area contributed by atoms with Gasteiger partial charge in [0.1, 0.15) is 0 Å². The number of hydrogen-bond donors (Lipinski definition) is 0. The van der Waals surface area contributed by atoms with Gasteiger partial charge < -0.3 is 14.7 Å². The summed E-state index contributed by atoms with van der Waals surface area (Å²) in [5, 5.41) is 34.9. The molecule has 0 aliphatic carbocycles. The van der Waals surface area contributed by atoms with Gasteiger partial charge in [-0.2, -0.15) is 0 Å². The van der Waals surface area contributed by atoms with Crippen molar-refractivity contribution in [1.29, 1.82) is 0 Å². The Morgan fingerprint density at radius 1 is 0.462 bits per heavy atom. The first-order valence-electron chi connectivity index (χ1n) is 11.0. The molecule has 1 aliphatic rings. The SMILES string of the molecule is CN1C(=O)c2cc(cc([N+](=O)[O-])c2)N(C)C(=O)c2cc(cc([N+](=O)[O-])c2)N(C)C(=O)c2cc1cc([N+](=O)[O-])c2. The van der Waals surface area contributed by atoms with Crippen LogP contribution in [-0.4, -0.2) is 53.6 Å². The minimum atomic E-state index is -0.820. The normalized spacial score (nSPS) is 13.6. The Labute approximate surface area is 218 Å². The highest BCUT2D eigenvalue weighted by atomic mass is 16.6. The zero-order valence-corrected chi connectivity index (χ0v) is 20.6. The summed E-state index contributed by atoms with van der Waals surface area (Å²) in [5.74, 6) is -2.46. The number of nitro benzene ring substituents is 3. The van der Waals surface area contributed by atoms with E-state index in [0.29, 0.717) is 0 Å². The van der Waals surface area contributed by atoms with Crippen LogP contribution in [0.25, 0.3) is 0 Å². The van der Waals surface area contributed by atoms with Gasteiger partial charge in [0, 0.05) is 74.2 Å². The predicted molar refractivity (Wildman–Crippen MR) is 137 cm³/mol. The predicted octanol–water partition coefficient (Wildman–Crippen LogP) is 3.55. The van der Waals surface area contributed by atoms with E-state index in [1.165, 1.54) is 39.3 Å². The fourth-order valence-corrected chi connectivity index (χ4v) is 3.99. The second-order valence-electron chi connectivity index (χ2n) is 8.58. The maximum atomic E-state index is 13.4. The second kappa shape index (κ2) is 9.62. The second-order valence-corrected chi connectivity index (χ2v) is 8.58. The van der Waals surface area contributed by atoms with Crippen LogP contribution in [-0.2, 0) is 0 Å². The van der Waals surface area contributed by atoms with Crippen molar-refractivity contribution < 1.29 is 29.2 Å². The van der Waals surface area contributed by atoms with Crippen molar-refractivity contribution in [3.05, 3.63) is 102 Å². The number of fused-ring (bicyclic) bond motifs is 6. The smallest absolute Gasteiger partial charge is 0.272 e. The molecule has 3 aromatic rings. The van der Waals surface area contributed by atoms with Gasteiger partial charge in [0.25, 0.3) is 34.8 Å². The molecule has 15 heteroatoms. The van der Waals surface area contributed by atoms with Gasteiger partial charge in [-0.1, -0.05) is 0 Å². The van der Waals surface area contributed by atoms with Gasteiger partial charge >= 0.3 is 0 Å². The van der Waals surface area contributed by atoms with Gasteiger partial charge in [0.05, 0.1) is 31.8 Å². The number of nitro groups is 3. The Morgan fingerprint density at radius 2 is 0.692 bits per heavy atom. The summed E-state index contributed by atoms with van der Waals surface area (Å²) in [7, 11) is 3.78. The van der Waals surface area contributed by atoms with Crippen molar-refractivity contribution in [2.75, 3.05) is 35.8 Å². The molecule has 0 saturated carbocycles. The van der Waals surface area contributed by atoms with E-state index >= 15 is 0 Å². The molecule has 1 heterocycles. The Hall–Kier alpha value is -5.73. The summed E-state index contributed by atoms with van der Waals surface area (Å²) in [4.78, 5) is 75.6. The van der Waals surface area contributed by atoms with Crippen LogP contribution >= 0.6 is 0 Å². The molecule has 0 unspecified atom stereocenters. The zero-order chi connectivity index (χ0) is 28.8. The first-order chi connectivity index (χ1) is 18.3. The van der Waals surface area contributed by atoms with E-state index in [-0.39, 0.29) is 33.8 Å². The topological polar surface area (TPSA) is 190 Å². The van der Waals surface area contributed by atoms with Crippen LogP contribution < -0.4 is 14.7 Å². The summed E-state index contributed by atoms with van der Waals surface area (Å²) < 4.78 is 0. The molecule has 3 aromatic carbocycles. The van der Waals surface area contributed by atoms with Crippen molar-refractivity contribution in [2.24, 2.45) is 0 Å².